The normalized spacial score (nSPS) is 16.3. The number of ether oxygens (including phenoxy) is 1. The first-order chi connectivity index (χ1) is 10.2. The van der Waals surface area contributed by atoms with Gasteiger partial charge in [0.15, 0.2) is 5.69 Å². The molecule has 0 bridgehead atoms. The summed E-state index contributed by atoms with van der Waals surface area (Å²) in [5, 5.41) is 17.0. The lowest BCUT2D eigenvalue weighted by atomic mass is 9.77. The molecule has 1 aliphatic carbocycles. The fraction of sp³-hybridized carbons (Fsp3) is 0.400. The van der Waals surface area contributed by atoms with Crippen molar-refractivity contribution in [1.82, 2.24) is 15.0 Å². The molecule has 1 aromatic heterocycles. The van der Waals surface area contributed by atoms with Crippen LogP contribution in [0.2, 0.25) is 0 Å². The fourth-order valence-electron chi connectivity index (χ4n) is 2.83. The number of carbonyl (C=O) groups is 1. The number of hydrogen-bond donors (Lipinski definition) is 1. The van der Waals surface area contributed by atoms with E-state index in [0.29, 0.717) is 31.2 Å². The number of aromatic carboxylic acids is 1. The molecule has 1 aliphatic rings. The highest BCUT2D eigenvalue weighted by atomic mass is 16.5. The van der Waals surface area contributed by atoms with Crippen LogP contribution in [0.15, 0.2) is 24.3 Å². The van der Waals surface area contributed by atoms with Gasteiger partial charge in [0.25, 0.3) is 0 Å². The number of carboxylic acids is 1. The van der Waals surface area contributed by atoms with E-state index in [2.05, 4.69) is 22.4 Å². The van der Waals surface area contributed by atoms with Crippen molar-refractivity contribution >= 4 is 5.97 Å². The van der Waals surface area contributed by atoms with E-state index in [1.165, 1.54) is 11.1 Å². The minimum absolute atomic E-state index is 0.0275. The molecule has 0 saturated heterocycles. The standard InChI is InChI=1S/C15H17N3O3/c1-21-7-6-13-14(15(19)20)16-17-18(13)9-11-8-10-4-2-3-5-12(10)11/h2-5,11H,6-9H2,1H3,(H,19,20). The van der Waals surface area contributed by atoms with Gasteiger partial charge in [0.05, 0.1) is 18.8 Å². The number of nitrogens with zero attached hydrogens (tertiary/aromatic N) is 3. The van der Waals surface area contributed by atoms with Gasteiger partial charge in [0.2, 0.25) is 0 Å². The first kappa shape index (κ1) is 13.8. The van der Waals surface area contributed by atoms with Crippen LogP contribution in [0, 0.1) is 0 Å². The second-order valence-corrected chi connectivity index (χ2v) is 5.21. The van der Waals surface area contributed by atoms with Crippen molar-refractivity contribution in [3.63, 3.8) is 0 Å². The molecule has 6 nitrogen and oxygen atoms in total. The van der Waals surface area contributed by atoms with Gasteiger partial charge in [-0.1, -0.05) is 29.5 Å². The van der Waals surface area contributed by atoms with Crippen LogP contribution in [0.25, 0.3) is 0 Å². The monoisotopic (exact) mass is 287 g/mol. The predicted octanol–water partition coefficient (Wildman–Crippen LogP) is 1.51. The molecule has 3 rings (SSSR count). The molecule has 0 radical (unpaired) electrons. The maximum atomic E-state index is 11.2. The van der Waals surface area contributed by atoms with Gasteiger partial charge in [-0.3, -0.25) is 0 Å². The molecule has 1 atom stereocenters. The van der Waals surface area contributed by atoms with Crippen LogP contribution in [-0.2, 0) is 24.1 Å². The molecule has 0 spiro atoms. The van der Waals surface area contributed by atoms with Crippen LogP contribution in [0.3, 0.4) is 0 Å². The van der Waals surface area contributed by atoms with Crippen molar-refractivity contribution < 1.29 is 14.6 Å². The third kappa shape index (κ3) is 2.54. The number of hydrogen-bond acceptors (Lipinski definition) is 4. The lowest BCUT2D eigenvalue weighted by molar-refractivity contribution is 0.0688. The molecule has 0 saturated carbocycles. The fourth-order valence-corrected chi connectivity index (χ4v) is 2.83. The highest BCUT2D eigenvalue weighted by molar-refractivity contribution is 5.86. The minimum atomic E-state index is -1.04. The summed E-state index contributed by atoms with van der Waals surface area (Å²) in [5.41, 5.74) is 3.34. The summed E-state index contributed by atoms with van der Waals surface area (Å²) < 4.78 is 6.76. The molecular weight excluding hydrogens is 270 g/mol. The third-order valence-electron chi connectivity index (χ3n) is 3.94. The first-order valence-corrected chi connectivity index (χ1v) is 6.93. The van der Waals surface area contributed by atoms with Gasteiger partial charge in [-0.2, -0.15) is 0 Å². The Morgan fingerprint density at radius 3 is 3.00 bits per heavy atom. The molecule has 1 aromatic carbocycles. The van der Waals surface area contributed by atoms with E-state index in [9.17, 15) is 9.90 Å². The van der Waals surface area contributed by atoms with E-state index in [1.54, 1.807) is 11.8 Å². The van der Waals surface area contributed by atoms with Crippen LogP contribution in [-0.4, -0.2) is 39.8 Å². The summed E-state index contributed by atoms with van der Waals surface area (Å²) in [6.45, 7) is 1.12. The Hall–Kier alpha value is -2.21. The summed E-state index contributed by atoms with van der Waals surface area (Å²) in [5.74, 6) is -0.660. The Morgan fingerprint density at radius 1 is 1.48 bits per heavy atom. The number of carboxylic acid groups (broad SMARTS) is 1. The van der Waals surface area contributed by atoms with Crippen molar-refractivity contribution in [3.05, 3.63) is 46.8 Å². The maximum absolute atomic E-state index is 11.2. The second-order valence-electron chi connectivity index (χ2n) is 5.21. The smallest absolute Gasteiger partial charge is 0.358 e. The second kappa shape index (κ2) is 5.65. The van der Waals surface area contributed by atoms with Gasteiger partial charge in [0.1, 0.15) is 0 Å². The van der Waals surface area contributed by atoms with Gasteiger partial charge in [0, 0.05) is 19.4 Å². The van der Waals surface area contributed by atoms with E-state index in [0.717, 1.165) is 6.42 Å². The molecule has 6 heteroatoms. The lowest BCUT2D eigenvalue weighted by Crippen LogP contribution is -2.24. The van der Waals surface area contributed by atoms with E-state index in [-0.39, 0.29) is 5.69 Å². The predicted molar refractivity (Wildman–Crippen MR) is 75.4 cm³/mol. The lowest BCUT2D eigenvalue weighted by Gasteiger charge is -2.30. The van der Waals surface area contributed by atoms with E-state index >= 15 is 0 Å². The Bertz CT molecular complexity index is 666. The zero-order valence-electron chi connectivity index (χ0n) is 11.8. The molecule has 110 valence electrons. The average molecular weight is 287 g/mol. The van der Waals surface area contributed by atoms with Gasteiger partial charge in [-0.15, -0.1) is 5.10 Å². The molecule has 0 amide bonds. The average Bonchev–Trinajstić information content (AvgIpc) is 2.85. The molecule has 0 fully saturated rings. The number of methoxy groups -OCH3 is 1. The van der Waals surface area contributed by atoms with E-state index in [4.69, 9.17) is 4.74 Å². The van der Waals surface area contributed by atoms with Crippen LogP contribution < -0.4 is 0 Å². The summed E-state index contributed by atoms with van der Waals surface area (Å²) >= 11 is 0. The third-order valence-corrected chi connectivity index (χ3v) is 3.94. The highest BCUT2D eigenvalue weighted by Crippen LogP contribution is 2.36. The molecule has 1 heterocycles. The van der Waals surface area contributed by atoms with Crippen LogP contribution in [0.5, 0.6) is 0 Å². The van der Waals surface area contributed by atoms with E-state index in [1.807, 2.05) is 12.1 Å². The van der Waals surface area contributed by atoms with Crippen LogP contribution >= 0.6 is 0 Å². The van der Waals surface area contributed by atoms with Crippen molar-refractivity contribution in [2.24, 2.45) is 0 Å². The molecule has 1 unspecified atom stereocenters. The highest BCUT2D eigenvalue weighted by Gasteiger charge is 2.28. The first-order valence-electron chi connectivity index (χ1n) is 6.93. The summed E-state index contributed by atoms with van der Waals surface area (Å²) in [6, 6.07) is 8.31. The van der Waals surface area contributed by atoms with Gasteiger partial charge < -0.3 is 9.84 Å². The molecule has 2 aromatic rings. The zero-order valence-corrected chi connectivity index (χ0v) is 11.8. The van der Waals surface area contributed by atoms with Gasteiger partial charge in [-0.25, -0.2) is 9.48 Å². The topological polar surface area (TPSA) is 77.2 Å². The van der Waals surface area contributed by atoms with Crippen molar-refractivity contribution in [2.45, 2.75) is 25.3 Å². The SMILES string of the molecule is COCCc1c(C(=O)O)nnn1CC1Cc2ccccc21. The van der Waals surface area contributed by atoms with Crippen LogP contribution in [0.4, 0.5) is 0 Å². The largest absolute Gasteiger partial charge is 0.476 e. The summed E-state index contributed by atoms with van der Waals surface area (Å²) in [4.78, 5) is 11.2. The van der Waals surface area contributed by atoms with Crippen LogP contribution in [0.1, 0.15) is 33.2 Å². The van der Waals surface area contributed by atoms with Gasteiger partial charge >= 0.3 is 5.97 Å². The van der Waals surface area contributed by atoms with E-state index < -0.39 is 5.97 Å². The molecular formula is C15H17N3O3. The van der Waals surface area contributed by atoms with Crippen molar-refractivity contribution in [1.29, 1.82) is 0 Å². The Morgan fingerprint density at radius 2 is 2.29 bits per heavy atom. The maximum Gasteiger partial charge on any atom is 0.358 e. The summed E-state index contributed by atoms with van der Waals surface area (Å²) in [7, 11) is 1.59. The Kier molecular flexibility index (Phi) is 3.70. The number of fused-ring (bicyclic) bond motifs is 1. The minimum Gasteiger partial charge on any atom is -0.476 e. The van der Waals surface area contributed by atoms with Crippen molar-refractivity contribution in [3.8, 4) is 0 Å². The van der Waals surface area contributed by atoms with Gasteiger partial charge in [-0.05, 0) is 17.5 Å². The molecule has 0 aliphatic heterocycles. The molecule has 21 heavy (non-hydrogen) atoms. The quantitative estimate of drug-likeness (QED) is 0.871. The zero-order chi connectivity index (χ0) is 14.8. The number of rotatable bonds is 6. The Labute approximate surface area is 122 Å². The van der Waals surface area contributed by atoms with Crippen molar-refractivity contribution in [2.75, 3.05) is 13.7 Å². The number of aromatic nitrogens is 3. The Balaban J connectivity index is 1.81. The summed E-state index contributed by atoms with van der Waals surface area (Å²) in [6.07, 6.45) is 1.50. The number of benzene rings is 1. The molecule has 1 N–H and O–H groups in total.